The van der Waals surface area contributed by atoms with Crippen LogP contribution < -0.4 is 5.32 Å². The Morgan fingerprint density at radius 2 is 1.74 bits per heavy atom. The van der Waals surface area contributed by atoms with Gasteiger partial charge in [0.05, 0.1) is 29.8 Å². The van der Waals surface area contributed by atoms with Gasteiger partial charge in [0.2, 0.25) is 5.91 Å². The Morgan fingerprint density at radius 1 is 1.00 bits per heavy atom. The summed E-state index contributed by atoms with van der Waals surface area (Å²) in [5.74, 6) is -0.501. The third-order valence-electron chi connectivity index (χ3n) is 6.07. The van der Waals surface area contributed by atoms with Gasteiger partial charge in [0, 0.05) is 17.0 Å². The van der Waals surface area contributed by atoms with Gasteiger partial charge in [0.15, 0.2) is 0 Å². The molecule has 0 saturated heterocycles. The molecule has 0 fully saturated rings. The highest BCUT2D eigenvalue weighted by atomic mass is 19.4. The summed E-state index contributed by atoms with van der Waals surface area (Å²) in [6, 6.07) is 16.7. The van der Waals surface area contributed by atoms with Gasteiger partial charge in [-0.05, 0) is 48.9 Å². The molecule has 204 valence electrons. The molecule has 4 rings (SSSR count). The standard InChI is InChI=1S/C29H29F3N4O3/c1-19-9-5-6-13-23(19)36-25(16-24(34-36)28(2,3)4)33-26(37)18-35(17-22-12-8-14-39-22)27(38)20-10-7-11-21(15-20)29(30,31)32/h5-16H,17-18H2,1-4H3,(H,33,37). The zero-order valence-corrected chi connectivity index (χ0v) is 22.0. The lowest BCUT2D eigenvalue weighted by atomic mass is 9.92. The summed E-state index contributed by atoms with van der Waals surface area (Å²) in [5.41, 5.74) is 1.01. The van der Waals surface area contributed by atoms with Gasteiger partial charge in [-0.15, -0.1) is 0 Å². The summed E-state index contributed by atoms with van der Waals surface area (Å²) in [4.78, 5) is 27.8. The Kier molecular flexibility index (Phi) is 7.67. The molecule has 4 aromatic rings. The Morgan fingerprint density at radius 3 is 2.38 bits per heavy atom. The highest BCUT2D eigenvalue weighted by molar-refractivity contribution is 5.99. The van der Waals surface area contributed by atoms with Crippen LogP contribution in [0.4, 0.5) is 19.0 Å². The number of hydrogen-bond donors (Lipinski definition) is 1. The maximum absolute atomic E-state index is 13.3. The minimum Gasteiger partial charge on any atom is -0.467 e. The normalized spacial score (nSPS) is 11.9. The van der Waals surface area contributed by atoms with Crippen molar-refractivity contribution in [1.29, 1.82) is 0 Å². The number of carbonyl (C=O) groups excluding carboxylic acids is 2. The number of halogens is 3. The molecule has 0 saturated carbocycles. The molecule has 39 heavy (non-hydrogen) atoms. The van der Waals surface area contributed by atoms with Crippen molar-refractivity contribution >= 4 is 17.6 Å². The second-order valence-electron chi connectivity index (χ2n) is 10.2. The fourth-order valence-electron chi connectivity index (χ4n) is 3.98. The van der Waals surface area contributed by atoms with Crippen LogP contribution in [0.3, 0.4) is 0 Å². The molecular weight excluding hydrogens is 509 g/mol. The number of anilines is 1. The second kappa shape index (κ2) is 10.8. The lowest BCUT2D eigenvalue weighted by Crippen LogP contribution is -2.38. The number of nitrogens with zero attached hydrogens (tertiary/aromatic N) is 3. The maximum Gasteiger partial charge on any atom is 0.416 e. The van der Waals surface area contributed by atoms with Crippen LogP contribution in [0.5, 0.6) is 0 Å². The van der Waals surface area contributed by atoms with Gasteiger partial charge in [-0.1, -0.05) is 45.0 Å². The number of para-hydroxylation sites is 1. The lowest BCUT2D eigenvalue weighted by molar-refractivity contribution is -0.137. The van der Waals surface area contributed by atoms with Crippen LogP contribution in [0.25, 0.3) is 5.69 Å². The Labute approximate surface area is 224 Å². The summed E-state index contributed by atoms with van der Waals surface area (Å²) in [6.45, 7) is 7.39. The largest absolute Gasteiger partial charge is 0.467 e. The number of furan rings is 1. The SMILES string of the molecule is Cc1ccccc1-n1nc(C(C)(C)C)cc1NC(=O)CN(Cc1ccco1)C(=O)c1cccc(C(F)(F)F)c1. The molecule has 10 heteroatoms. The van der Waals surface area contributed by atoms with Gasteiger partial charge in [0.25, 0.3) is 5.91 Å². The second-order valence-corrected chi connectivity index (χ2v) is 10.2. The van der Waals surface area contributed by atoms with E-state index in [2.05, 4.69) is 5.32 Å². The summed E-state index contributed by atoms with van der Waals surface area (Å²) in [6.07, 6.45) is -3.20. The third kappa shape index (κ3) is 6.57. The van der Waals surface area contributed by atoms with Crippen molar-refractivity contribution < 1.29 is 27.2 Å². The number of amides is 2. The minimum atomic E-state index is -4.61. The predicted octanol–water partition coefficient (Wildman–Crippen LogP) is 6.37. The molecule has 0 radical (unpaired) electrons. The van der Waals surface area contributed by atoms with E-state index in [-0.39, 0.29) is 17.5 Å². The van der Waals surface area contributed by atoms with Gasteiger partial charge in [-0.25, -0.2) is 4.68 Å². The summed E-state index contributed by atoms with van der Waals surface area (Å²) in [7, 11) is 0. The smallest absolute Gasteiger partial charge is 0.416 e. The number of aromatic nitrogens is 2. The van der Waals surface area contributed by atoms with Crippen molar-refractivity contribution in [2.24, 2.45) is 0 Å². The van der Waals surface area contributed by atoms with Crippen molar-refractivity contribution in [3.05, 3.63) is 101 Å². The molecule has 0 aliphatic rings. The molecule has 7 nitrogen and oxygen atoms in total. The maximum atomic E-state index is 13.3. The number of alkyl halides is 3. The van der Waals surface area contributed by atoms with Crippen molar-refractivity contribution in [3.63, 3.8) is 0 Å². The molecular formula is C29H29F3N4O3. The molecule has 2 amide bonds. The van der Waals surface area contributed by atoms with E-state index in [1.54, 1.807) is 22.9 Å². The van der Waals surface area contributed by atoms with Crippen molar-refractivity contribution in [1.82, 2.24) is 14.7 Å². The molecule has 2 aromatic carbocycles. The highest BCUT2D eigenvalue weighted by Crippen LogP contribution is 2.30. The molecule has 0 atom stereocenters. The Balaban J connectivity index is 1.63. The van der Waals surface area contributed by atoms with Crippen LogP contribution in [-0.4, -0.2) is 33.0 Å². The van der Waals surface area contributed by atoms with Crippen molar-refractivity contribution in [2.75, 3.05) is 11.9 Å². The van der Waals surface area contributed by atoms with Crippen molar-refractivity contribution in [2.45, 2.75) is 45.8 Å². The predicted molar refractivity (Wildman–Crippen MR) is 141 cm³/mol. The summed E-state index contributed by atoms with van der Waals surface area (Å²) < 4.78 is 46.8. The summed E-state index contributed by atoms with van der Waals surface area (Å²) >= 11 is 0. The van der Waals surface area contributed by atoms with Gasteiger partial charge in [0.1, 0.15) is 18.1 Å². The Bertz CT molecular complexity index is 1470. The van der Waals surface area contributed by atoms with Crippen LogP contribution >= 0.6 is 0 Å². The molecule has 0 bridgehead atoms. The number of nitrogens with one attached hydrogen (secondary N) is 1. The Hall–Kier alpha value is -4.34. The number of carbonyl (C=O) groups is 2. The molecule has 0 unspecified atom stereocenters. The topological polar surface area (TPSA) is 80.4 Å². The van der Waals surface area contributed by atoms with Gasteiger partial charge in [-0.3, -0.25) is 9.59 Å². The quantitative estimate of drug-likeness (QED) is 0.297. The van der Waals surface area contributed by atoms with Crippen molar-refractivity contribution in [3.8, 4) is 5.69 Å². The van der Waals surface area contributed by atoms with Crippen LogP contribution in [0.2, 0.25) is 0 Å². The van der Waals surface area contributed by atoms with Crippen LogP contribution in [0.15, 0.2) is 77.4 Å². The van der Waals surface area contributed by atoms with E-state index in [0.29, 0.717) is 11.6 Å². The lowest BCUT2D eigenvalue weighted by Gasteiger charge is -2.22. The van der Waals surface area contributed by atoms with E-state index in [9.17, 15) is 22.8 Å². The van der Waals surface area contributed by atoms with E-state index < -0.39 is 30.1 Å². The zero-order valence-electron chi connectivity index (χ0n) is 22.0. The monoisotopic (exact) mass is 538 g/mol. The molecule has 2 aromatic heterocycles. The van der Waals surface area contributed by atoms with Gasteiger partial charge < -0.3 is 14.6 Å². The first-order valence-electron chi connectivity index (χ1n) is 12.3. The molecule has 2 heterocycles. The molecule has 0 aliphatic heterocycles. The number of aryl methyl sites for hydroxylation is 1. The number of hydrogen-bond acceptors (Lipinski definition) is 4. The average Bonchev–Trinajstić information content (AvgIpc) is 3.53. The van der Waals surface area contributed by atoms with E-state index in [1.165, 1.54) is 12.3 Å². The molecule has 1 N–H and O–H groups in total. The fourth-order valence-corrected chi connectivity index (χ4v) is 3.98. The molecule has 0 aliphatic carbocycles. The van der Waals surface area contributed by atoms with E-state index in [1.807, 2.05) is 52.0 Å². The minimum absolute atomic E-state index is 0.111. The first-order chi connectivity index (χ1) is 18.3. The average molecular weight is 539 g/mol. The zero-order chi connectivity index (χ0) is 28.4. The molecule has 0 spiro atoms. The van der Waals surface area contributed by atoms with Crippen LogP contribution in [0.1, 0.15) is 53.7 Å². The van der Waals surface area contributed by atoms with Gasteiger partial charge >= 0.3 is 6.18 Å². The van der Waals surface area contributed by atoms with Gasteiger partial charge in [-0.2, -0.15) is 18.3 Å². The first-order valence-corrected chi connectivity index (χ1v) is 12.3. The number of benzene rings is 2. The fraction of sp³-hybridized carbons (Fsp3) is 0.276. The first kappa shape index (κ1) is 27.7. The van der Waals surface area contributed by atoms with E-state index >= 15 is 0 Å². The van der Waals surface area contributed by atoms with E-state index in [0.717, 1.165) is 40.0 Å². The van der Waals surface area contributed by atoms with Crippen LogP contribution in [-0.2, 0) is 22.9 Å². The third-order valence-corrected chi connectivity index (χ3v) is 6.07. The highest BCUT2D eigenvalue weighted by Gasteiger charge is 2.32. The number of rotatable bonds is 7. The van der Waals surface area contributed by atoms with E-state index in [4.69, 9.17) is 9.52 Å². The summed E-state index contributed by atoms with van der Waals surface area (Å²) in [5, 5.41) is 7.56. The van der Waals surface area contributed by atoms with Crippen LogP contribution in [0, 0.1) is 6.92 Å².